The third-order valence-electron chi connectivity index (χ3n) is 2.98. The van der Waals surface area contributed by atoms with E-state index in [2.05, 4.69) is 22.6 Å². The molecule has 0 aromatic heterocycles. The van der Waals surface area contributed by atoms with Crippen LogP contribution in [0.2, 0.25) is 0 Å². The topological polar surface area (TPSA) is 41.1 Å². The first kappa shape index (κ1) is 11.7. The van der Waals surface area contributed by atoms with Crippen LogP contribution in [-0.2, 0) is 11.3 Å². The molecule has 0 aliphatic carbocycles. The van der Waals surface area contributed by atoms with E-state index in [1.165, 1.54) is 5.56 Å². The predicted molar refractivity (Wildman–Crippen MR) is 67.3 cm³/mol. The molecule has 0 saturated carbocycles. The van der Waals surface area contributed by atoms with E-state index in [1.54, 1.807) is 0 Å². The van der Waals surface area contributed by atoms with Crippen molar-refractivity contribution < 1.29 is 4.79 Å². The van der Waals surface area contributed by atoms with Gasteiger partial charge in [0.2, 0.25) is 5.91 Å². The van der Waals surface area contributed by atoms with Gasteiger partial charge in [-0.2, -0.15) is 0 Å². The molecular formula is C14H16N2O. The van der Waals surface area contributed by atoms with Gasteiger partial charge in [0.15, 0.2) is 0 Å². The van der Waals surface area contributed by atoms with Crippen molar-refractivity contribution in [2.24, 2.45) is 0 Å². The number of nitrogens with one attached hydrogen (secondary N) is 2. The molecular weight excluding hydrogens is 212 g/mol. The lowest BCUT2D eigenvalue weighted by Crippen LogP contribution is -2.39. The number of fused-ring (bicyclic) bond motifs is 1. The van der Waals surface area contributed by atoms with Crippen LogP contribution in [0.25, 0.3) is 0 Å². The first-order chi connectivity index (χ1) is 8.33. The highest BCUT2D eigenvalue weighted by Gasteiger charge is 2.25. The molecule has 1 aliphatic rings. The zero-order chi connectivity index (χ0) is 12.1. The molecule has 0 spiro atoms. The Morgan fingerprint density at radius 1 is 1.53 bits per heavy atom. The van der Waals surface area contributed by atoms with Crippen molar-refractivity contribution >= 4 is 5.91 Å². The van der Waals surface area contributed by atoms with Gasteiger partial charge >= 0.3 is 0 Å². The summed E-state index contributed by atoms with van der Waals surface area (Å²) in [5.74, 6) is 2.47. The summed E-state index contributed by atoms with van der Waals surface area (Å²) < 4.78 is 0. The minimum atomic E-state index is -0.0993. The third kappa shape index (κ3) is 2.66. The second kappa shape index (κ2) is 5.51. The highest BCUT2D eigenvalue weighted by molar-refractivity contribution is 5.84. The highest BCUT2D eigenvalue weighted by atomic mass is 16.1. The number of hydrogen-bond acceptors (Lipinski definition) is 2. The Hall–Kier alpha value is -1.79. The summed E-state index contributed by atoms with van der Waals surface area (Å²) in [5.41, 5.74) is 2.33. The highest BCUT2D eigenvalue weighted by Crippen LogP contribution is 2.23. The van der Waals surface area contributed by atoms with E-state index in [-0.39, 0.29) is 11.8 Å². The second-order valence-electron chi connectivity index (χ2n) is 4.13. The first-order valence-corrected chi connectivity index (χ1v) is 5.82. The van der Waals surface area contributed by atoms with Crippen LogP contribution in [0, 0.1) is 12.3 Å². The lowest BCUT2D eigenvalue weighted by Gasteiger charge is -2.25. The van der Waals surface area contributed by atoms with E-state index in [9.17, 15) is 4.79 Å². The molecule has 0 saturated heterocycles. The van der Waals surface area contributed by atoms with E-state index in [0.717, 1.165) is 12.1 Å². The van der Waals surface area contributed by atoms with E-state index in [1.807, 2.05) is 18.2 Å². The Morgan fingerprint density at radius 3 is 3.18 bits per heavy atom. The lowest BCUT2D eigenvalue weighted by atomic mass is 9.90. The van der Waals surface area contributed by atoms with E-state index >= 15 is 0 Å². The number of benzene rings is 1. The predicted octanol–water partition coefficient (Wildman–Crippen LogP) is 1.01. The van der Waals surface area contributed by atoms with Gasteiger partial charge in [-0.1, -0.05) is 24.3 Å². The SMILES string of the molecule is C#CCCNC(=O)C1CNCc2ccccc21. The van der Waals surface area contributed by atoms with E-state index < -0.39 is 0 Å². The van der Waals surface area contributed by atoms with Crippen molar-refractivity contribution in [1.82, 2.24) is 10.6 Å². The smallest absolute Gasteiger partial charge is 0.228 e. The maximum atomic E-state index is 12.0. The van der Waals surface area contributed by atoms with E-state index in [4.69, 9.17) is 6.42 Å². The minimum absolute atomic E-state index is 0.0555. The molecule has 1 heterocycles. The molecule has 0 bridgehead atoms. The van der Waals surface area contributed by atoms with Gasteiger partial charge in [-0.05, 0) is 11.1 Å². The van der Waals surface area contributed by atoms with Gasteiger partial charge in [-0.15, -0.1) is 12.3 Å². The van der Waals surface area contributed by atoms with Crippen molar-refractivity contribution in [1.29, 1.82) is 0 Å². The average molecular weight is 228 g/mol. The normalized spacial score (nSPS) is 17.9. The Bertz CT molecular complexity index is 448. The molecule has 1 amide bonds. The van der Waals surface area contributed by atoms with Crippen LogP contribution in [0.1, 0.15) is 23.5 Å². The Morgan fingerprint density at radius 2 is 2.35 bits per heavy atom. The molecule has 3 nitrogen and oxygen atoms in total. The third-order valence-corrected chi connectivity index (χ3v) is 2.98. The van der Waals surface area contributed by atoms with Gasteiger partial charge in [-0.3, -0.25) is 4.79 Å². The van der Waals surface area contributed by atoms with Crippen molar-refractivity contribution in [2.45, 2.75) is 18.9 Å². The summed E-state index contributed by atoms with van der Waals surface area (Å²) in [6.07, 6.45) is 5.73. The second-order valence-corrected chi connectivity index (χ2v) is 4.13. The van der Waals surface area contributed by atoms with Gasteiger partial charge in [-0.25, -0.2) is 0 Å². The fourth-order valence-corrected chi connectivity index (χ4v) is 2.11. The fraction of sp³-hybridized carbons (Fsp3) is 0.357. The van der Waals surface area contributed by atoms with Crippen LogP contribution < -0.4 is 10.6 Å². The fourth-order valence-electron chi connectivity index (χ4n) is 2.11. The van der Waals surface area contributed by atoms with Crippen LogP contribution in [-0.4, -0.2) is 19.0 Å². The number of carbonyl (C=O) groups is 1. The molecule has 88 valence electrons. The molecule has 1 aliphatic heterocycles. The van der Waals surface area contributed by atoms with Crippen molar-refractivity contribution in [3.05, 3.63) is 35.4 Å². The molecule has 1 atom stereocenters. The number of hydrogen-bond donors (Lipinski definition) is 2. The zero-order valence-electron chi connectivity index (χ0n) is 9.70. The van der Waals surface area contributed by atoms with Crippen molar-refractivity contribution in [3.63, 3.8) is 0 Å². The summed E-state index contributed by atoms with van der Waals surface area (Å²) in [6, 6.07) is 8.07. The standard InChI is InChI=1S/C14H16N2O/c1-2-3-8-16-14(17)13-10-15-9-11-6-4-5-7-12(11)13/h1,4-7,13,15H,3,8-10H2,(H,16,17). The van der Waals surface area contributed by atoms with Crippen LogP contribution in [0.3, 0.4) is 0 Å². The van der Waals surface area contributed by atoms with Crippen molar-refractivity contribution in [2.75, 3.05) is 13.1 Å². The van der Waals surface area contributed by atoms with Gasteiger partial charge in [0.05, 0.1) is 5.92 Å². The monoisotopic (exact) mass is 228 g/mol. The molecule has 2 rings (SSSR count). The first-order valence-electron chi connectivity index (χ1n) is 5.82. The Labute approximate surface area is 102 Å². The van der Waals surface area contributed by atoms with Gasteiger partial charge in [0.1, 0.15) is 0 Å². The summed E-state index contributed by atoms with van der Waals surface area (Å²) in [6.45, 7) is 2.08. The molecule has 2 N–H and O–H groups in total. The van der Waals surface area contributed by atoms with E-state index in [0.29, 0.717) is 19.5 Å². The molecule has 1 aromatic rings. The quantitative estimate of drug-likeness (QED) is 0.599. The van der Waals surface area contributed by atoms with Crippen molar-refractivity contribution in [3.8, 4) is 12.3 Å². The number of amides is 1. The molecule has 17 heavy (non-hydrogen) atoms. The summed E-state index contributed by atoms with van der Waals surface area (Å²) in [4.78, 5) is 12.0. The Balaban J connectivity index is 2.08. The average Bonchev–Trinajstić information content (AvgIpc) is 2.38. The molecule has 0 fully saturated rings. The summed E-state index contributed by atoms with van der Waals surface area (Å²) in [5, 5.41) is 6.13. The van der Waals surface area contributed by atoms with Crippen LogP contribution in [0.4, 0.5) is 0 Å². The van der Waals surface area contributed by atoms with Gasteiger partial charge < -0.3 is 10.6 Å². The maximum absolute atomic E-state index is 12.0. The minimum Gasteiger partial charge on any atom is -0.355 e. The number of terminal acetylenes is 1. The van der Waals surface area contributed by atoms with Crippen LogP contribution >= 0.6 is 0 Å². The lowest BCUT2D eigenvalue weighted by molar-refractivity contribution is -0.122. The largest absolute Gasteiger partial charge is 0.355 e. The summed E-state index contributed by atoms with van der Waals surface area (Å²) in [7, 11) is 0. The van der Waals surface area contributed by atoms with Crippen LogP contribution in [0.15, 0.2) is 24.3 Å². The maximum Gasteiger partial charge on any atom is 0.228 e. The molecule has 0 radical (unpaired) electrons. The summed E-state index contributed by atoms with van der Waals surface area (Å²) >= 11 is 0. The Kier molecular flexibility index (Phi) is 3.79. The number of carbonyl (C=O) groups excluding carboxylic acids is 1. The van der Waals surface area contributed by atoms with Gasteiger partial charge in [0, 0.05) is 26.1 Å². The molecule has 1 aromatic carbocycles. The van der Waals surface area contributed by atoms with Gasteiger partial charge in [0.25, 0.3) is 0 Å². The molecule has 3 heteroatoms. The molecule has 1 unspecified atom stereocenters. The number of rotatable bonds is 3. The zero-order valence-corrected chi connectivity index (χ0v) is 9.70. The van der Waals surface area contributed by atoms with Crippen LogP contribution in [0.5, 0.6) is 0 Å².